The van der Waals surface area contributed by atoms with Crippen LogP contribution in [0.3, 0.4) is 0 Å². The molecule has 0 radical (unpaired) electrons. The number of para-hydroxylation sites is 1. The third-order valence-electron chi connectivity index (χ3n) is 4.54. The van der Waals surface area contributed by atoms with Gasteiger partial charge in [0.2, 0.25) is 0 Å². The lowest BCUT2D eigenvalue weighted by Crippen LogP contribution is -2.31. The van der Waals surface area contributed by atoms with E-state index in [2.05, 4.69) is 10.4 Å². The molecule has 122 valence electrons. The Labute approximate surface area is 138 Å². The lowest BCUT2D eigenvalue weighted by Gasteiger charge is -2.23. The van der Waals surface area contributed by atoms with Crippen LogP contribution >= 0.6 is 0 Å². The zero-order valence-electron chi connectivity index (χ0n) is 13.3. The molecule has 0 saturated carbocycles. The van der Waals surface area contributed by atoms with Crippen LogP contribution in [0.4, 0.5) is 0 Å². The Kier molecular flexibility index (Phi) is 3.45. The van der Waals surface area contributed by atoms with E-state index in [0.29, 0.717) is 11.0 Å². The maximum absolute atomic E-state index is 12.6. The second-order valence-corrected chi connectivity index (χ2v) is 6.06. The van der Waals surface area contributed by atoms with E-state index < -0.39 is 0 Å². The van der Waals surface area contributed by atoms with Crippen LogP contribution in [-0.2, 0) is 13.5 Å². The number of nitrogens with zero attached hydrogens (tertiary/aromatic N) is 2. The lowest BCUT2D eigenvalue weighted by atomic mass is 9.93. The Morgan fingerprint density at radius 3 is 3.08 bits per heavy atom. The third kappa shape index (κ3) is 2.40. The molecule has 0 unspecified atom stereocenters. The SMILES string of the molecule is Cn1ncc2c1CCC[C@H]2NC(=O)c1cc(=O)c2ccccc2o1. The van der Waals surface area contributed by atoms with Crippen molar-refractivity contribution in [1.82, 2.24) is 15.1 Å². The number of aryl methyl sites for hydroxylation is 1. The molecule has 6 heteroatoms. The minimum absolute atomic E-state index is 0.0368. The van der Waals surface area contributed by atoms with Crippen LogP contribution in [0.5, 0.6) is 0 Å². The number of carbonyl (C=O) groups is 1. The number of hydrogen-bond acceptors (Lipinski definition) is 4. The molecule has 1 atom stereocenters. The first-order valence-electron chi connectivity index (χ1n) is 7.98. The van der Waals surface area contributed by atoms with Gasteiger partial charge in [0.05, 0.1) is 17.6 Å². The highest BCUT2D eigenvalue weighted by atomic mass is 16.3. The van der Waals surface area contributed by atoms with Crippen LogP contribution < -0.4 is 10.7 Å². The summed E-state index contributed by atoms with van der Waals surface area (Å²) in [7, 11) is 1.91. The molecule has 2 aromatic heterocycles. The highest BCUT2D eigenvalue weighted by molar-refractivity contribution is 5.93. The van der Waals surface area contributed by atoms with Gasteiger partial charge in [0.15, 0.2) is 11.2 Å². The minimum Gasteiger partial charge on any atom is -0.451 e. The second-order valence-electron chi connectivity index (χ2n) is 6.06. The average Bonchev–Trinajstić information content (AvgIpc) is 2.97. The van der Waals surface area contributed by atoms with Crippen LogP contribution in [0.15, 0.2) is 45.7 Å². The van der Waals surface area contributed by atoms with Gasteiger partial charge in [0, 0.05) is 24.4 Å². The number of fused-ring (bicyclic) bond motifs is 2. The van der Waals surface area contributed by atoms with E-state index in [0.717, 1.165) is 30.5 Å². The van der Waals surface area contributed by atoms with E-state index >= 15 is 0 Å². The molecular formula is C18H17N3O3. The summed E-state index contributed by atoms with van der Waals surface area (Å²) in [6.07, 6.45) is 4.60. The molecule has 24 heavy (non-hydrogen) atoms. The van der Waals surface area contributed by atoms with Crippen molar-refractivity contribution in [3.63, 3.8) is 0 Å². The fourth-order valence-electron chi connectivity index (χ4n) is 3.30. The number of aromatic nitrogens is 2. The fraction of sp³-hybridized carbons (Fsp3) is 0.278. The molecule has 4 rings (SSSR count). The Bertz CT molecular complexity index is 987. The van der Waals surface area contributed by atoms with Crippen molar-refractivity contribution in [1.29, 1.82) is 0 Å². The van der Waals surface area contributed by atoms with Gasteiger partial charge in [0.25, 0.3) is 5.91 Å². The van der Waals surface area contributed by atoms with Gasteiger partial charge in [-0.3, -0.25) is 14.3 Å². The Morgan fingerprint density at radius 2 is 2.21 bits per heavy atom. The van der Waals surface area contributed by atoms with Crippen molar-refractivity contribution in [2.24, 2.45) is 7.05 Å². The molecule has 3 aromatic rings. The summed E-state index contributed by atoms with van der Waals surface area (Å²) in [5, 5.41) is 7.72. The van der Waals surface area contributed by atoms with E-state index in [9.17, 15) is 9.59 Å². The predicted molar refractivity (Wildman–Crippen MR) is 88.8 cm³/mol. The summed E-state index contributed by atoms with van der Waals surface area (Å²) in [6, 6.07) is 8.07. The van der Waals surface area contributed by atoms with Crippen LogP contribution in [0.2, 0.25) is 0 Å². The Morgan fingerprint density at radius 1 is 1.38 bits per heavy atom. The van der Waals surface area contributed by atoms with Gasteiger partial charge in [-0.2, -0.15) is 5.10 Å². The van der Waals surface area contributed by atoms with Crippen LogP contribution in [0, 0.1) is 0 Å². The quantitative estimate of drug-likeness (QED) is 0.785. The van der Waals surface area contributed by atoms with Crippen molar-refractivity contribution < 1.29 is 9.21 Å². The zero-order valence-corrected chi connectivity index (χ0v) is 13.3. The molecule has 1 aliphatic rings. The molecule has 1 aliphatic carbocycles. The molecular weight excluding hydrogens is 306 g/mol. The van der Waals surface area contributed by atoms with Gasteiger partial charge in [-0.15, -0.1) is 0 Å². The Balaban J connectivity index is 1.65. The second kappa shape index (κ2) is 5.63. The number of benzene rings is 1. The fourth-order valence-corrected chi connectivity index (χ4v) is 3.30. The number of rotatable bonds is 2. The minimum atomic E-state index is -0.375. The molecule has 1 aromatic carbocycles. The zero-order chi connectivity index (χ0) is 16.7. The summed E-state index contributed by atoms with van der Waals surface area (Å²) in [6.45, 7) is 0. The van der Waals surface area contributed by atoms with E-state index in [4.69, 9.17) is 4.42 Å². The smallest absolute Gasteiger partial charge is 0.287 e. The molecule has 6 nitrogen and oxygen atoms in total. The van der Waals surface area contributed by atoms with Crippen LogP contribution in [0.1, 0.15) is 40.7 Å². The molecule has 2 heterocycles. The van der Waals surface area contributed by atoms with E-state index in [-0.39, 0.29) is 23.1 Å². The third-order valence-corrected chi connectivity index (χ3v) is 4.54. The first-order chi connectivity index (χ1) is 11.6. The van der Waals surface area contributed by atoms with Crippen molar-refractivity contribution in [2.45, 2.75) is 25.3 Å². The summed E-state index contributed by atoms with van der Waals surface area (Å²) in [5.41, 5.74) is 2.39. The van der Waals surface area contributed by atoms with E-state index in [1.807, 2.05) is 11.7 Å². The molecule has 0 saturated heterocycles. The molecule has 0 bridgehead atoms. The van der Waals surface area contributed by atoms with E-state index in [1.165, 1.54) is 6.07 Å². The molecule has 0 fully saturated rings. The molecule has 1 amide bonds. The average molecular weight is 323 g/mol. The van der Waals surface area contributed by atoms with Gasteiger partial charge in [-0.25, -0.2) is 0 Å². The number of amides is 1. The first-order valence-corrected chi connectivity index (χ1v) is 7.98. The lowest BCUT2D eigenvalue weighted by molar-refractivity contribution is 0.0905. The first kappa shape index (κ1) is 14.7. The van der Waals surface area contributed by atoms with Gasteiger partial charge >= 0.3 is 0 Å². The highest BCUT2D eigenvalue weighted by Gasteiger charge is 2.26. The van der Waals surface area contributed by atoms with Gasteiger partial charge in [-0.1, -0.05) is 12.1 Å². The summed E-state index contributed by atoms with van der Waals surface area (Å²) >= 11 is 0. The molecule has 0 spiro atoms. The topological polar surface area (TPSA) is 77.1 Å². The maximum atomic E-state index is 12.6. The predicted octanol–water partition coefficient (Wildman–Crippen LogP) is 2.33. The van der Waals surface area contributed by atoms with Crippen molar-refractivity contribution in [3.8, 4) is 0 Å². The maximum Gasteiger partial charge on any atom is 0.287 e. The van der Waals surface area contributed by atoms with E-state index in [1.54, 1.807) is 30.5 Å². The van der Waals surface area contributed by atoms with Crippen molar-refractivity contribution >= 4 is 16.9 Å². The normalized spacial score (nSPS) is 16.8. The van der Waals surface area contributed by atoms with Crippen LogP contribution in [-0.4, -0.2) is 15.7 Å². The Hall–Kier alpha value is -2.89. The van der Waals surface area contributed by atoms with Crippen molar-refractivity contribution in [3.05, 3.63) is 63.8 Å². The van der Waals surface area contributed by atoms with Gasteiger partial charge in [-0.05, 0) is 31.4 Å². The van der Waals surface area contributed by atoms with Gasteiger partial charge < -0.3 is 9.73 Å². The molecule has 1 N–H and O–H groups in total. The summed E-state index contributed by atoms with van der Waals surface area (Å²) in [5.74, 6) is -0.339. The number of hydrogen-bond donors (Lipinski definition) is 1. The summed E-state index contributed by atoms with van der Waals surface area (Å²) < 4.78 is 7.46. The highest BCUT2D eigenvalue weighted by Crippen LogP contribution is 2.29. The number of carbonyl (C=O) groups excluding carboxylic acids is 1. The monoisotopic (exact) mass is 323 g/mol. The van der Waals surface area contributed by atoms with Crippen LogP contribution in [0.25, 0.3) is 11.0 Å². The number of nitrogens with one attached hydrogen (secondary N) is 1. The largest absolute Gasteiger partial charge is 0.451 e. The standard InChI is InChI=1S/C18H17N3O3/c1-21-14-7-4-6-13(12(14)10-19-21)20-18(23)17-9-15(22)11-5-2-3-8-16(11)24-17/h2-3,5,8-10,13H,4,6-7H2,1H3,(H,20,23)/t13-/m1/s1. The summed E-state index contributed by atoms with van der Waals surface area (Å²) in [4.78, 5) is 24.7. The molecule has 0 aliphatic heterocycles. The van der Waals surface area contributed by atoms with Gasteiger partial charge in [0.1, 0.15) is 5.58 Å². The van der Waals surface area contributed by atoms with Crippen molar-refractivity contribution in [2.75, 3.05) is 0 Å².